The van der Waals surface area contributed by atoms with E-state index in [1.807, 2.05) is 72.0 Å². The number of amidine groups is 1. The Kier molecular flexibility index (Phi) is 7.93. The molecule has 0 fully saturated rings. The van der Waals surface area contributed by atoms with Crippen LogP contribution in [0.15, 0.2) is 65.7 Å². The Balaban J connectivity index is 1.37. The molecule has 0 saturated heterocycles. The molecule has 1 aliphatic carbocycles. The molecule has 1 aromatic heterocycles. The predicted molar refractivity (Wildman–Crippen MR) is 160 cm³/mol. The lowest BCUT2D eigenvalue weighted by Gasteiger charge is -2.34. The fraction of sp³-hybridized carbons (Fsp3) is 0.367. The summed E-state index contributed by atoms with van der Waals surface area (Å²) in [6.07, 6.45) is 3.32. The third kappa shape index (κ3) is 6.05. The Morgan fingerprint density at radius 3 is 2.22 bits per heavy atom. The topological polar surface area (TPSA) is 58.5 Å². The maximum atomic E-state index is 12.9. The van der Waals surface area contributed by atoms with Crippen molar-refractivity contribution in [3.8, 4) is 0 Å². The van der Waals surface area contributed by atoms with Crippen LogP contribution in [0.4, 0.5) is 5.00 Å². The van der Waals surface area contributed by atoms with E-state index in [9.17, 15) is 9.59 Å². The molecule has 0 bridgehead atoms. The third-order valence-corrected chi connectivity index (χ3v) is 10.3. The van der Waals surface area contributed by atoms with E-state index in [4.69, 9.17) is 4.99 Å². The van der Waals surface area contributed by atoms with Crippen LogP contribution in [0.5, 0.6) is 0 Å². The monoisotopic (exact) mass is 548 g/mol. The molecular weight excluding hydrogens is 517 g/mol. The molecule has 7 heteroatoms. The molecule has 2 unspecified atom stereocenters. The van der Waals surface area contributed by atoms with Gasteiger partial charge in [-0.1, -0.05) is 93.2 Å². The van der Waals surface area contributed by atoms with Gasteiger partial charge in [0.1, 0.15) is 10.4 Å². The summed E-state index contributed by atoms with van der Waals surface area (Å²) in [5, 5.41) is 5.29. The summed E-state index contributed by atoms with van der Waals surface area (Å²) in [4.78, 5) is 32.1. The summed E-state index contributed by atoms with van der Waals surface area (Å²) in [5.41, 5.74) is 4.40. The van der Waals surface area contributed by atoms with Crippen LogP contribution in [0.25, 0.3) is 0 Å². The number of thioether (sulfide) groups is 2. The summed E-state index contributed by atoms with van der Waals surface area (Å²) in [6, 6.07) is 18.9. The molecule has 2 aromatic carbocycles. The van der Waals surface area contributed by atoms with Gasteiger partial charge in [0.15, 0.2) is 16.7 Å². The molecule has 2 heterocycles. The molecule has 37 heavy (non-hydrogen) atoms. The average molecular weight is 549 g/mol. The van der Waals surface area contributed by atoms with Crippen molar-refractivity contribution in [1.29, 1.82) is 0 Å². The number of fused-ring (bicyclic) bond motifs is 3. The molecule has 1 aliphatic heterocycles. The Labute approximate surface area is 231 Å². The van der Waals surface area contributed by atoms with Gasteiger partial charge in [-0.3, -0.25) is 9.59 Å². The number of Topliss-reactive ketones (excluding diaryl/α,β-unsaturated/α-hetero) is 2. The standard InChI is InChI=1S/C30H32N2O2S3/c1-30(2,3)21-14-15-22-25(16-21)37-28-26(22)27(35-17-23(33)19-10-6-4-7-11-19)31-29(32-28)36-18-24(34)20-12-8-5-9-13-20/h4-13,21,27H,14-18H2,1-3H3,(H,31,32). The second kappa shape index (κ2) is 11.2. The lowest BCUT2D eigenvalue weighted by molar-refractivity contribution is 0.101. The number of hydrogen-bond acceptors (Lipinski definition) is 7. The summed E-state index contributed by atoms with van der Waals surface area (Å²) < 4.78 is 0. The number of nitrogens with zero attached hydrogens (tertiary/aromatic N) is 1. The molecule has 2 aliphatic rings. The van der Waals surface area contributed by atoms with Crippen molar-refractivity contribution in [2.24, 2.45) is 16.3 Å². The second-order valence-electron chi connectivity index (χ2n) is 10.6. The highest BCUT2D eigenvalue weighted by Gasteiger charge is 2.36. The van der Waals surface area contributed by atoms with E-state index >= 15 is 0 Å². The third-order valence-electron chi connectivity index (χ3n) is 7.14. The Morgan fingerprint density at radius 2 is 1.59 bits per heavy atom. The van der Waals surface area contributed by atoms with Crippen molar-refractivity contribution in [2.75, 3.05) is 16.8 Å². The van der Waals surface area contributed by atoms with E-state index in [1.54, 1.807) is 11.8 Å². The van der Waals surface area contributed by atoms with Crippen LogP contribution in [-0.4, -0.2) is 28.2 Å². The number of thiophene rings is 1. The number of carbonyl (C=O) groups excluding carboxylic acids is 2. The first-order valence-corrected chi connectivity index (χ1v) is 15.5. The Morgan fingerprint density at radius 1 is 0.973 bits per heavy atom. The Hall–Kier alpha value is -2.35. The largest absolute Gasteiger partial charge is 0.326 e. The van der Waals surface area contributed by atoms with Gasteiger partial charge >= 0.3 is 0 Å². The minimum absolute atomic E-state index is 0.0860. The number of benzene rings is 2. The van der Waals surface area contributed by atoms with Crippen LogP contribution in [0.1, 0.15) is 69.3 Å². The van der Waals surface area contributed by atoms with Crippen molar-refractivity contribution in [3.05, 3.63) is 87.8 Å². The zero-order valence-electron chi connectivity index (χ0n) is 21.5. The lowest BCUT2D eigenvalue weighted by Crippen LogP contribution is -2.26. The Bertz CT molecular complexity index is 1310. The van der Waals surface area contributed by atoms with Crippen LogP contribution in [0.3, 0.4) is 0 Å². The molecule has 4 nitrogen and oxygen atoms in total. The SMILES string of the molecule is CC(C)(C)C1CCc2c(sc3c2C(SCC(=O)c2ccccc2)N=C(SCC(=O)c2ccccc2)N3)C1. The number of ketones is 2. The van der Waals surface area contributed by atoms with Gasteiger partial charge in [-0.05, 0) is 36.2 Å². The fourth-order valence-electron chi connectivity index (χ4n) is 4.90. The summed E-state index contributed by atoms with van der Waals surface area (Å²) in [7, 11) is 0. The van der Waals surface area contributed by atoms with Crippen LogP contribution in [-0.2, 0) is 12.8 Å². The molecule has 2 atom stereocenters. The van der Waals surface area contributed by atoms with Crippen LogP contribution >= 0.6 is 34.9 Å². The van der Waals surface area contributed by atoms with Gasteiger partial charge in [-0.15, -0.1) is 23.1 Å². The molecule has 5 rings (SSSR count). The minimum Gasteiger partial charge on any atom is -0.326 e. The first-order valence-electron chi connectivity index (χ1n) is 12.7. The van der Waals surface area contributed by atoms with Crippen molar-refractivity contribution in [2.45, 2.75) is 45.4 Å². The fourth-order valence-corrected chi connectivity index (χ4v) is 8.34. The number of hydrogen-bond donors (Lipinski definition) is 1. The molecule has 0 saturated carbocycles. The zero-order valence-corrected chi connectivity index (χ0v) is 23.9. The van der Waals surface area contributed by atoms with E-state index in [-0.39, 0.29) is 22.4 Å². The van der Waals surface area contributed by atoms with E-state index in [0.717, 1.165) is 28.6 Å². The molecule has 0 amide bonds. The quantitative estimate of drug-likeness (QED) is 0.304. The van der Waals surface area contributed by atoms with Gasteiger partial charge in [-0.2, -0.15) is 0 Å². The van der Waals surface area contributed by atoms with Crippen molar-refractivity contribution >= 4 is 56.6 Å². The first kappa shape index (κ1) is 26.3. The molecule has 0 radical (unpaired) electrons. The van der Waals surface area contributed by atoms with E-state index in [2.05, 4.69) is 26.1 Å². The summed E-state index contributed by atoms with van der Waals surface area (Å²) >= 11 is 4.88. The van der Waals surface area contributed by atoms with Crippen molar-refractivity contribution in [1.82, 2.24) is 0 Å². The maximum absolute atomic E-state index is 12.9. The number of aliphatic imine (C=N–C) groups is 1. The molecule has 3 aromatic rings. The van der Waals surface area contributed by atoms with Crippen LogP contribution < -0.4 is 5.32 Å². The zero-order chi connectivity index (χ0) is 26.0. The highest BCUT2D eigenvalue weighted by molar-refractivity contribution is 8.14. The van der Waals surface area contributed by atoms with Gasteiger partial charge in [0, 0.05) is 21.6 Å². The van der Waals surface area contributed by atoms with Gasteiger partial charge in [-0.25, -0.2) is 4.99 Å². The molecule has 0 spiro atoms. The first-order chi connectivity index (χ1) is 17.8. The lowest BCUT2D eigenvalue weighted by atomic mass is 9.72. The number of carbonyl (C=O) groups is 2. The van der Waals surface area contributed by atoms with Crippen LogP contribution in [0, 0.1) is 11.3 Å². The minimum atomic E-state index is -0.149. The van der Waals surface area contributed by atoms with Crippen LogP contribution in [0.2, 0.25) is 0 Å². The summed E-state index contributed by atoms with van der Waals surface area (Å²) in [6.45, 7) is 7.01. The number of nitrogens with one attached hydrogen (secondary N) is 1. The van der Waals surface area contributed by atoms with Gasteiger partial charge in [0.2, 0.25) is 0 Å². The number of anilines is 1. The highest BCUT2D eigenvalue weighted by atomic mass is 32.2. The van der Waals surface area contributed by atoms with E-state index in [1.165, 1.54) is 34.2 Å². The predicted octanol–water partition coefficient (Wildman–Crippen LogP) is 7.91. The average Bonchev–Trinajstić information content (AvgIpc) is 3.28. The van der Waals surface area contributed by atoms with Crippen molar-refractivity contribution < 1.29 is 9.59 Å². The van der Waals surface area contributed by atoms with Crippen molar-refractivity contribution in [3.63, 3.8) is 0 Å². The molecule has 1 N–H and O–H groups in total. The number of rotatable bonds is 7. The maximum Gasteiger partial charge on any atom is 0.173 e. The van der Waals surface area contributed by atoms with Gasteiger partial charge < -0.3 is 5.32 Å². The van der Waals surface area contributed by atoms with E-state index in [0.29, 0.717) is 23.0 Å². The molecular formula is C30H32N2O2S3. The highest BCUT2D eigenvalue weighted by Crippen LogP contribution is 2.51. The van der Waals surface area contributed by atoms with E-state index < -0.39 is 0 Å². The van der Waals surface area contributed by atoms with Gasteiger partial charge in [0.05, 0.1) is 11.5 Å². The second-order valence-corrected chi connectivity index (χ2v) is 13.8. The van der Waals surface area contributed by atoms with Gasteiger partial charge in [0.25, 0.3) is 0 Å². The summed E-state index contributed by atoms with van der Waals surface area (Å²) in [5.74, 6) is 1.55. The smallest absolute Gasteiger partial charge is 0.173 e. The molecule has 192 valence electrons. The normalized spacial score (nSPS) is 18.8.